The molecule has 0 aliphatic carbocycles. The highest BCUT2D eigenvalue weighted by Crippen LogP contribution is 2.22. The molecule has 0 saturated carbocycles. The normalized spacial score (nSPS) is 28.5. The van der Waals surface area contributed by atoms with Crippen molar-refractivity contribution >= 4 is 11.3 Å². The van der Waals surface area contributed by atoms with Gasteiger partial charge in [-0.2, -0.15) is 0 Å². The molecule has 2 N–H and O–H groups in total. The van der Waals surface area contributed by atoms with Gasteiger partial charge in [0.2, 0.25) is 0 Å². The molecule has 0 bridgehead atoms. The van der Waals surface area contributed by atoms with Crippen LogP contribution in [0.3, 0.4) is 0 Å². The van der Waals surface area contributed by atoms with Crippen molar-refractivity contribution in [2.45, 2.75) is 38.9 Å². The van der Waals surface area contributed by atoms with E-state index in [1.54, 1.807) is 0 Å². The van der Waals surface area contributed by atoms with Crippen LogP contribution in [0, 0.1) is 6.92 Å². The molecule has 0 spiro atoms. The highest BCUT2D eigenvalue weighted by molar-refractivity contribution is 7.11. The highest BCUT2D eigenvalue weighted by Gasteiger charge is 2.27. The third kappa shape index (κ3) is 2.00. The van der Waals surface area contributed by atoms with Crippen LogP contribution in [0.25, 0.3) is 0 Å². The minimum atomic E-state index is 0.371. The highest BCUT2D eigenvalue weighted by atomic mass is 32.1. The van der Waals surface area contributed by atoms with Crippen molar-refractivity contribution in [3.63, 3.8) is 0 Å². The molecule has 2 unspecified atom stereocenters. The second kappa shape index (κ2) is 4.01. The summed E-state index contributed by atoms with van der Waals surface area (Å²) in [5, 5.41) is 0. The fourth-order valence-corrected chi connectivity index (χ4v) is 2.94. The van der Waals surface area contributed by atoms with Gasteiger partial charge in [0.05, 0.1) is 0 Å². The maximum atomic E-state index is 5.99. The third-order valence-corrected chi connectivity index (χ3v) is 4.09. The number of rotatable bonds is 2. The number of nitrogens with zero attached hydrogens (tertiary/aromatic N) is 1. The first-order valence-corrected chi connectivity index (χ1v) is 6.03. The summed E-state index contributed by atoms with van der Waals surface area (Å²) in [6.07, 6.45) is 1.14. The van der Waals surface area contributed by atoms with Gasteiger partial charge < -0.3 is 5.73 Å². The van der Waals surface area contributed by atoms with Gasteiger partial charge in [-0.1, -0.05) is 0 Å². The van der Waals surface area contributed by atoms with Gasteiger partial charge in [-0.25, -0.2) is 0 Å². The number of aryl methyl sites for hydroxylation is 1. The Labute approximate surface area is 89.7 Å². The number of nitrogens with two attached hydrogens (primary N) is 1. The van der Waals surface area contributed by atoms with E-state index in [0.29, 0.717) is 12.1 Å². The Morgan fingerprint density at radius 3 is 2.86 bits per heavy atom. The van der Waals surface area contributed by atoms with Crippen LogP contribution in [-0.2, 0) is 6.54 Å². The summed E-state index contributed by atoms with van der Waals surface area (Å²) in [6, 6.07) is 5.34. The number of likely N-dealkylation sites (tertiary alicyclic amines) is 1. The van der Waals surface area contributed by atoms with Gasteiger partial charge in [-0.15, -0.1) is 11.3 Å². The van der Waals surface area contributed by atoms with E-state index in [-0.39, 0.29) is 0 Å². The summed E-state index contributed by atoms with van der Waals surface area (Å²) in [5.74, 6) is 0. The number of hydrogen-bond donors (Lipinski definition) is 1. The average molecular weight is 210 g/mol. The van der Waals surface area contributed by atoms with Gasteiger partial charge in [0, 0.05) is 34.9 Å². The van der Waals surface area contributed by atoms with Crippen LogP contribution >= 0.6 is 11.3 Å². The first kappa shape index (κ1) is 10.1. The Bertz CT molecular complexity index is 308. The van der Waals surface area contributed by atoms with Crippen LogP contribution in [-0.4, -0.2) is 23.5 Å². The average Bonchev–Trinajstić information content (AvgIpc) is 2.67. The smallest absolute Gasteiger partial charge is 0.0331 e. The molecule has 0 amide bonds. The SMILES string of the molecule is Cc1ccc(CN2CCC(N)C2C)s1. The quantitative estimate of drug-likeness (QED) is 0.808. The molecule has 78 valence electrons. The predicted octanol–water partition coefficient (Wildman–Crippen LogP) is 1.98. The molecular weight excluding hydrogens is 192 g/mol. The summed E-state index contributed by atoms with van der Waals surface area (Å²) >= 11 is 1.90. The van der Waals surface area contributed by atoms with Crippen molar-refractivity contribution in [1.29, 1.82) is 0 Å². The molecule has 3 heteroatoms. The first-order valence-electron chi connectivity index (χ1n) is 5.22. The molecule has 2 nitrogen and oxygen atoms in total. The number of hydrogen-bond acceptors (Lipinski definition) is 3. The van der Waals surface area contributed by atoms with E-state index in [1.165, 1.54) is 9.75 Å². The van der Waals surface area contributed by atoms with Gasteiger partial charge in [-0.05, 0) is 32.4 Å². The van der Waals surface area contributed by atoms with Gasteiger partial charge >= 0.3 is 0 Å². The molecule has 1 aliphatic heterocycles. The predicted molar refractivity (Wildman–Crippen MR) is 61.5 cm³/mol. The zero-order valence-electron chi connectivity index (χ0n) is 8.86. The lowest BCUT2D eigenvalue weighted by Crippen LogP contribution is -2.36. The van der Waals surface area contributed by atoms with E-state index in [1.807, 2.05) is 11.3 Å². The molecular formula is C11H18N2S. The van der Waals surface area contributed by atoms with Gasteiger partial charge in [0.25, 0.3) is 0 Å². The lowest BCUT2D eigenvalue weighted by Gasteiger charge is -2.21. The van der Waals surface area contributed by atoms with Gasteiger partial charge in [0.1, 0.15) is 0 Å². The molecule has 1 aromatic heterocycles. The zero-order chi connectivity index (χ0) is 10.1. The Hall–Kier alpha value is -0.380. The van der Waals surface area contributed by atoms with Crippen LogP contribution in [0.5, 0.6) is 0 Å². The Balaban J connectivity index is 1.98. The number of thiophene rings is 1. The van der Waals surface area contributed by atoms with Crippen LogP contribution < -0.4 is 5.73 Å². The van der Waals surface area contributed by atoms with E-state index in [4.69, 9.17) is 5.73 Å². The van der Waals surface area contributed by atoms with Crippen molar-refractivity contribution in [2.75, 3.05) is 6.54 Å². The first-order chi connectivity index (χ1) is 6.66. The summed E-state index contributed by atoms with van der Waals surface area (Å²) in [5.41, 5.74) is 5.99. The second-order valence-electron chi connectivity index (χ2n) is 4.18. The van der Waals surface area contributed by atoms with Crippen molar-refractivity contribution in [1.82, 2.24) is 4.90 Å². The van der Waals surface area contributed by atoms with E-state index < -0.39 is 0 Å². The lowest BCUT2D eigenvalue weighted by molar-refractivity contribution is 0.254. The van der Waals surface area contributed by atoms with Crippen LogP contribution in [0.2, 0.25) is 0 Å². The molecule has 14 heavy (non-hydrogen) atoms. The van der Waals surface area contributed by atoms with Crippen molar-refractivity contribution in [3.8, 4) is 0 Å². The molecule has 2 rings (SSSR count). The van der Waals surface area contributed by atoms with E-state index in [9.17, 15) is 0 Å². The van der Waals surface area contributed by atoms with Gasteiger partial charge in [-0.3, -0.25) is 4.90 Å². The van der Waals surface area contributed by atoms with Gasteiger partial charge in [0.15, 0.2) is 0 Å². The summed E-state index contributed by atoms with van der Waals surface area (Å²) in [6.45, 7) is 6.62. The largest absolute Gasteiger partial charge is 0.326 e. The molecule has 1 aromatic rings. The monoisotopic (exact) mass is 210 g/mol. The Morgan fingerprint density at radius 1 is 1.57 bits per heavy atom. The summed E-state index contributed by atoms with van der Waals surface area (Å²) in [7, 11) is 0. The molecule has 0 radical (unpaired) electrons. The minimum Gasteiger partial charge on any atom is -0.326 e. The topological polar surface area (TPSA) is 29.3 Å². The van der Waals surface area contributed by atoms with Crippen molar-refractivity contribution in [2.24, 2.45) is 5.73 Å². The third-order valence-electron chi connectivity index (χ3n) is 3.10. The molecule has 2 atom stereocenters. The molecule has 1 aliphatic rings. The second-order valence-corrected chi connectivity index (χ2v) is 5.55. The van der Waals surface area contributed by atoms with E-state index >= 15 is 0 Å². The van der Waals surface area contributed by atoms with E-state index in [2.05, 4.69) is 30.9 Å². The van der Waals surface area contributed by atoms with Crippen LogP contribution in [0.4, 0.5) is 0 Å². The Morgan fingerprint density at radius 2 is 2.36 bits per heavy atom. The zero-order valence-corrected chi connectivity index (χ0v) is 9.68. The van der Waals surface area contributed by atoms with Crippen LogP contribution in [0.15, 0.2) is 12.1 Å². The molecule has 1 saturated heterocycles. The maximum absolute atomic E-state index is 5.99. The molecule has 0 aromatic carbocycles. The maximum Gasteiger partial charge on any atom is 0.0331 e. The van der Waals surface area contributed by atoms with Crippen molar-refractivity contribution < 1.29 is 0 Å². The van der Waals surface area contributed by atoms with Crippen LogP contribution in [0.1, 0.15) is 23.1 Å². The summed E-state index contributed by atoms with van der Waals surface area (Å²) < 4.78 is 0. The minimum absolute atomic E-state index is 0.371. The lowest BCUT2D eigenvalue weighted by atomic mass is 10.2. The fourth-order valence-electron chi connectivity index (χ4n) is 2.02. The molecule has 1 fully saturated rings. The molecule has 2 heterocycles. The standard InChI is InChI=1S/C11H18N2S/c1-8-3-4-10(14-8)7-13-6-5-11(12)9(13)2/h3-4,9,11H,5-7,12H2,1-2H3. The fraction of sp³-hybridized carbons (Fsp3) is 0.636. The Kier molecular flexibility index (Phi) is 2.91. The van der Waals surface area contributed by atoms with E-state index in [0.717, 1.165) is 19.5 Å². The summed E-state index contributed by atoms with van der Waals surface area (Å²) in [4.78, 5) is 5.34. The van der Waals surface area contributed by atoms with Crippen molar-refractivity contribution in [3.05, 3.63) is 21.9 Å².